The van der Waals surface area contributed by atoms with Crippen molar-refractivity contribution in [1.29, 1.82) is 0 Å². The van der Waals surface area contributed by atoms with Crippen molar-refractivity contribution in [2.75, 3.05) is 13.2 Å². The van der Waals surface area contributed by atoms with Crippen molar-refractivity contribution in [2.24, 2.45) is 5.92 Å². The monoisotopic (exact) mass is 337 g/mol. The minimum Gasteiger partial charge on any atom is -0.381 e. The topological polar surface area (TPSA) is 97.5 Å². The van der Waals surface area contributed by atoms with Gasteiger partial charge in [-0.2, -0.15) is 4.98 Å². The molecule has 0 radical (unpaired) electrons. The zero-order chi connectivity index (χ0) is 17.2. The van der Waals surface area contributed by atoms with Crippen LogP contribution in [0.25, 0.3) is 0 Å². The molecule has 134 valence electrons. The molecule has 1 aromatic rings. The summed E-state index contributed by atoms with van der Waals surface area (Å²) in [7, 11) is 0. The maximum Gasteiger partial charge on any atom is 0.252 e. The van der Waals surface area contributed by atoms with Crippen LogP contribution in [-0.2, 0) is 9.53 Å². The molecular formula is C17H27N3O4. The molecule has 1 aliphatic heterocycles. The molecule has 1 atom stereocenters. The van der Waals surface area contributed by atoms with Gasteiger partial charge in [0.1, 0.15) is 11.6 Å². The van der Waals surface area contributed by atoms with Crippen molar-refractivity contribution in [2.45, 2.75) is 69.9 Å². The van der Waals surface area contributed by atoms with E-state index in [-0.39, 0.29) is 23.8 Å². The zero-order valence-electron chi connectivity index (χ0n) is 14.5. The number of ether oxygens (including phenoxy) is 1. The minimum absolute atomic E-state index is 0.160. The summed E-state index contributed by atoms with van der Waals surface area (Å²) in [5.41, 5.74) is -1.26. The third-order valence-electron chi connectivity index (χ3n) is 5.12. The van der Waals surface area contributed by atoms with Gasteiger partial charge in [0, 0.05) is 19.1 Å². The Bertz CT molecular complexity index is 560. The van der Waals surface area contributed by atoms with Gasteiger partial charge in [0.05, 0.1) is 0 Å². The van der Waals surface area contributed by atoms with E-state index in [1.165, 1.54) is 0 Å². The number of nitrogens with zero attached hydrogens (tertiary/aromatic N) is 2. The van der Waals surface area contributed by atoms with Crippen LogP contribution >= 0.6 is 0 Å². The molecule has 3 rings (SSSR count). The SMILES string of the molecule is CC(C)c1noc([C@@H](NC(=O)C2(O)CCCC2)C2CCOCC2)n1. The van der Waals surface area contributed by atoms with Crippen LogP contribution in [0.3, 0.4) is 0 Å². The largest absolute Gasteiger partial charge is 0.381 e. The lowest BCUT2D eigenvalue weighted by Gasteiger charge is -2.31. The number of amides is 1. The summed E-state index contributed by atoms with van der Waals surface area (Å²) in [6.45, 7) is 5.31. The van der Waals surface area contributed by atoms with Gasteiger partial charge >= 0.3 is 0 Å². The van der Waals surface area contributed by atoms with Crippen molar-refractivity contribution < 1.29 is 19.2 Å². The predicted molar refractivity (Wildman–Crippen MR) is 86.2 cm³/mol. The summed E-state index contributed by atoms with van der Waals surface area (Å²) < 4.78 is 10.9. The third kappa shape index (κ3) is 3.62. The molecule has 0 aromatic carbocycles. The second-order valence-electron chi connectivity index (χ2n) is 7.29. The van der Waals surface area contributed by atoms with Crippen molar-refractivity contribution in [1.82, 2.24) is 15.5 Å². The lowest BCUT2D eigenvalue weighted by atomic mass is 9.90. The molecule has 1 aliphatic carbocycles. The number of carbonyl (C=O) groups excluding carboxylic acids is 1. The van der Waals surface area contributed by atoms with Gasteiger partial charge in [-0.15, -0.1) is 0 Å². The highest BCUT2D eigenvalue weighted by molar-refractivity contribution is 5.85. The molecular weight excluding hydrogens is 310 g/mol. The fourth-order valence-corrected chi connectivity index (χ4v) is 3.50. The lowest BCUT2D eigenvalue weighted by Crippen LogP contribution is -2.48. The highest BCUT2D eigenvalue weighted by Crippen LogP contribution is 2.33. The van der Waals surface area contributed by atoms with E-state index in [2.05, 4.69) is 15.5 Å². The summed E-state index contributed by atoms with van der Waals surface area (Å²) in [4.78, 5) is 17.1. The average molecular weight is 337 g/mol. The molecule has 1 saturated heterocycles. The highest BCUT2D eigenvalue weighted by atomic mass is 16.5. The third-order valence-corrected chi connectivity index (χ3v) is 5.12. The Morgan fingerprint density at radius 1 is 1.29 bits per heavy atom. The summed E-state index contributed by atoms with van der Waals surface area (Å²) in [6, 6.07) is -0.369. The molecule has 7 heteroatoms. The molecule has 7 nitrogen and oxygen atoms in total. The van der Waals surface area contributed by atoms with Crippen LogP contribution < -0.4 is 5.32 Å². The normalized spacial score (nSPS) is 22.7. The summed E-state index contributed by atoms with van der Waals surface area (Å²) in [6.07, 6.45) is 4.43. The van der Waals surface area contributed by atoms with E-state index in [4.69, 9.17) is 9.26 Å². The fourth-order valence-electron chi connectivity index (χ4n) is 3.50. The molecule has 24 heavy (non-hydrogen) atoms. The maximum atomic E-state index is 12.7. The van der Waals surface area contributed by atoms with Crippen molar-refractivity contribution in [3.8, 4) is 0 Å². The molecule has 1 amide bonds. The Hall–Kier alpha value is -1.47. The minimum atomic E-state index is -1.26. The Balaban J connectivity index is 1.79. The Kier molecular flexibility index (Phi) is 5.20. The Labute approximate surface area is 142 Å². The van der Waals surface area contributed by atoms with E-state index in [0.29, 0.717) is 37.8 Å². The van der Waals surface area contributed by atoms with Gasteiger partial charge in [-0.1, -0.05) is 19.0 Å². The van der Waals surface area contributed by atoms with E-state index >= 15 is 0 Å². The van der Waals surface area contributed by atoms with Crippen molar-refractivity contribution >= 4 is 5.91 Å². The van der Waals surface area contributed by atoms with Crippen molar-refractivity contribution in [3.63, 3.8) is 0 Å². The molecule has 2 aliphatic rings. The van der Waals surface area contributed by atoms with Crippen LogP contribution in [0, 0.1) is 5.92 Å². The molecule has 0 spiro atoms. The van der Waals surface area contributed by atoms with Crippen LogP contribution in [0.5, 0.6) is 0 Å². The first-order valence-electron chi connectivity index (χ1n) is 8.94. The van der Waals surface area contributed by atoms with E-state index in [0.717, 1.165) is 25.7 Å². The highest BCUT2D eigenvalue weighted by Gasteiger charge is 2.42. The van der Waals surface area contributed by atoms with Gasteiger partial charge in [0.2, 0.25) is 5.89 Å². The van der Waals surface area contributed by atoms with E-state index in [9.17, 15) is 9.90 Å². The van der Waals surface area contributed by atoms with Gasteiger partial charge in [-0.05, 0) is 44.4 Å². The Morgan fingerprint density at radius 3 is 2.54 bits per heavy atom. The second kappa shape index (κ2) is 7.19. The molecule has 1 saturated carbocycles. The summed E-state index contributed by atoms with van der Waals surface area (Å²) >= 11 is 0. The molecule has 2 fully saturated rings. The number of nitrogens with one attached hydrogen (secondary N) is 1. The van der Waals surface area contributed by atoms with Gasteiger partial charge in [-0.25, -0.2) is 0 Å². The van der Waals surface area contributed by atoms with E-state index in [1.54, 1.807) is 0 Å². The second-order valence-corrected chi connectivity index (χ2v) is 7.29. The van der Waals surface area contributed by atoms with Crippen LogP contribution in [0.2, 0.25) is 0 Å². The average Bonchev–Trinajstić information content (AvgIpc) is 3.23. The maximum absolute atomic E-state index is 12.7. The first-order chi connectivity index (χ1) is 11.5. The van der Waals surface area contributed by atoms with Crippen LogP contribution in [-0.4, -0.2) is 40.0 Å². The molecule has 1 aromatic heterocycles. The quantitative estimate of drug-likeness (QED) is 0.854. The number of rotatable bonds is 5. The van der Waals surface area contributed by atoms with Gasteiger partial charge < -0.3 is 19.7 Å². The summed E-state index contributed by atoms with van der Waals surface area (Å²) in [5.74, 6) is 1.08. The lowest BCUT2D eigenvalue weighted by molar-refractivity contribution is -0.141. The number of aromatic nitrogens is 2. The Morgan fingerprint density at radius 2 is 1.96 bits per heavy atom. The van der Waals surface area contributed by atoms with Gasteiger partial charge in [0.15, 0.2) is 5.82 Å². The number of hydrogen-bond donors (Lipinski definition) is 2. The smallest absolute Gasteiger partial charge is 0.252 e. The molecule has 0 bridgehead atoms. The molecule has 0 unspecified atom stereocenters. The fraction of sp³-hybridized carbons (Fsp3) is 0.824. The van der Waals surface area contributed by atoms with Crippen LogP contribution in [0.4, 0.5) is 0 Å². The van der Waals surface area contributed by atoms with Gasteiger partial charge in [0.25, 0.3) is 5.91 Å². The number of carbonyl (C=O) groups is 1. The first-order valence-corrected chi connectivity index (χ1v) is 8.94. The molecule has 2 N–H and O–H groups in total. The predicted octanol–water partition coefficient (Wildman–Crippen LogP) is 2.08. The summed E-state index contributed by atoms with van der Waals surface area (Å²) in [5, 5.41) is 17.6. The standard InChI is InChI=1S/C17H27N3O4/c1-11(2)14-19-15(24-20-14)13(12-5-9-23-10-6-12)18-16(21)17(22)7-3-4-8-17/h11-13,22H,3-10H2,1-2H3,(H,18,21)/t13-/m0/s1. The van der Waals surface area contributed by atoms with Crippen molar-refractivity contribution in [3.05, 3.63) is 11.7 Å². The number of hydrogen-bond acceptors (Lipinski definition) is 6. The van der Waals surface area contributed by atoms with Crippen LogP contribution in [0.15, 0.2) is 4.52 Å². The van der Waals surface area contributed by atoms with E-state index in [1.807, 2.05) is 13.8 Å². The van der Waals surface area contributed by atoms with Crippen LogP contribution in [0.1, 0.15) is 76.0 Å². The zero-order valence-corrected chi connectivity index (χ0v) is 14.5. The van der Waals surface area contributed by atoms with Gasteiger partial charge in [-0.3, -0.25) is 4.79 Å². The molecule has 2 heterocycles. The first kappa shape index (κ1) is 17.4. The van der Waals surface area contributed by atoms with E-state index < -0.39 is 5.60 Å². The number of aliphatic hydroxyl groups is 1.